The highest BCUT2D eigenvalue weighted by Gasteiger charge is 2.35. The minimum absolute atomic E-state index is 0.111. The summed E-state index contributed by atoms with van der Waals surface area (Å²) in [6, 6.07) is 0. The first kappa shape index (κ1) is 14.9. The van der Waals surface area contributed by atoms with Crippen molar-refractivity contribution in [2.75, 3.05) is 13.1 Å². The van der Waals surface area contributed by atoms with Gasteiger partial charge in [-0.15, -0.1) is 0 Å². The number of nitrogens with one attached hydrogen (secondary N) is 2. The molecule has 1 saturated heterocycles. The molecule has 0 radical (unpaired) electrons. The van der Waals surface area contributed by atoms with Crippen molar-refractivity contribution in [1.82, 2.24) is 10.0 Å². The smallest absolute Gasteiger partial charge is 0.216 e. The largest absolute Gasteiger partial charge is 0.315 e. The van der Waals surface area contributed by atoms with Crippen LogP contribution in [0.15, 0.2) is 0 Å². The van der Waals surface area contributed by atoms with Crippen LogP contribution in [0.3, 0.4) is 0 Å². The maximum absolute atomic E-state index is 12.2. The molecule has 1 aliphatic rings. The molecule has 1 fully saturated rings. The van der Waals surface area contributed by atoms with Crippen LogP contribution in [-0.2, 0) is 10.0 Å². The molecule has 0 bridgehead atoms. The van der Waals surface area contributed by atoms with Gasteiger partial charge < -0.3 is 5.32 Å². The van der Waals surface area contributed by atoms with Gasteiger partial charge in [0.1, 0.15) is 0 Å². The summed E-state index contributed by atoms with van der Waals surface area (Å²) >= 11 is 0. The number of sulfonamides is 1. The lowest BCUT2D eigenvalue weighted by molar-refractivity contribution is 0.269. The fourth-order valence-corrected chi connectivity index (χ4v) is 4.50. The lowest BCUT2D eigenvalue weighted by atomic mass is 9.82. The Morgan fingerprint density at radius 2 is 1.82 bits per heavy atom. The van der Waals surface area contributed by atoms with Gasteiger partial charge in [-0.3, -0.25) is 0 Å². The van der Waals surface area contributed by atoms with E-state index in [4.69, 9.17) is 0 Å². The molecule has 102 valence electrons. The SMILES string of the molecule is CC(C)(C)CC(C)(C)NS(=O)(=O)C1CCNC1. The Morgan fingerprint density at radius 3 is 2.24 bits per heavy atom. The van der Waals surface area contributed by atoms with Gasteiger partial charge >= 0.3 is 0 Å². The zero-order chi connectivity index (χ0) is 13.3. The third kappa shape index (κ3) is 4.94. The molecular weight excluding hydrogens is 236 g/mol. The van der Waals surface area contributed by atoms with Crippen LogP contribution in [0.1, 0.15) is 47.5 Å². The summed E-state index contributed by atoms with van der Waals surface area (Å²) in [5, 5.41) is 2.82. The van der Waals surface area contributed by atoms with Gasteiger partial charge in [0, 0.05) is 12.1 Å². The normalized spacial score (nSPS) is 23.0. The van der Waals surface area contributed by atoms with Crippen LogP contribution in [0.5, 0.6) is 0 Å². The Morgan fingerprint density at radius 1 is 1.24 bits per heavy atom. The summed E-state index contributed by atoms with van der Waals surface area (Å²) in [4.78, 5) is 0. The summed E-state index contributed by atoms with van der Waals surface area (Å²) in [6.45, 7) is 11.7. The molecule has 0 saturated carbocycles. The lowest BCUT2D eigenvalue weighted by Crippen LogP contribution is -2.49. The molecule has 0 aromatic carbocycles. The van der Waals surface area contributed by atoms with Crippen molar-refractivity contribution in [3.05, 3.63) is 0 Å². The van der Waals surface area contributed by atoms with Gasteiger partial charge in [-0.1, -0.05) is 20.8 Å². The van der Waals surface area contributed by atoms with E-state index in [1.165, 1.54) is 0 Å². The summed E-state index contributed by atoms with van der Waals surface area (Å²) in [5.41, 5.74) is -0.278. The topological polar surface area (TPSA) is 58.2 Å². The zero-order valence-corrected chi connectivity index (χ0v) is 12.4. The molecule has 0 amide bonds. The average molecular weight is 262 g/mol. The van der Waals surface area contributed by atoms with E-state index in [1.807, 2.05) is 13.8 Å². The van der Waals surface area contributed by atoms with E-state index < -0.39 is 10.0 Å². The minimum Gasteiger partial charge on any atom is -0.315 e. The molecule has 5 heteroatoms. The molecule has 4 nitrogen and oxygen atoms in total. The molecule has 1 heterocycles. The van der Waals surface area contributed by atoms with Crippen molar-refractivity contribution in [3.63, 3.8) is 0 Å². The molecular formula is C12H26N2O2S. The van der Waals surface area contributed by atoms with E-state index in [0.29, 0.717) is 13.0 Å². The lowest BCUT2D eigenvalue weighted by Gasteiger charge is -2.33. The van der Waals surface area contributed by atoms with Crippen molar-refractivity contribution in [3.8, 4) is 0 Å². The van der Waals surface area contributed by atoms with Gasteiger partial charge in [0.25, 0.3) is 0 Å². The summed E-state index contributed by atoms with van der Waals surface area (Å²) in [6.07, 6.45) is 1.53. The molecule has 0 aromatic rings. The quantitative estimate of drug-likeness (QED) is 0.807. The van der Waals surface area contributed by atoms with E-state index in [0.717, 1.165) is 13.0 Å². The highest BCUT2D eigenvalue weighted by atomic mass is 32.2. The Hall–Kier alpha value is -0.130. The van der Waals surface area contributed by atoms with Crippen LogP contribution in [-0.4, -0.2) is 32.3 Å². The van der Waals surface area contributed by atoms with E-state index in [9.17, 15) is 8.42 Å². The maximum atomic E-state index is 12.2. The third-order valence-electron chi connectivity index (χ3n) is 2.84. The minimum atomic E-state index is -3.20. The van der Waals surface area contributed by atoms with Gasteiger partial charge in [0.2, 0.25) is 10.0 Å². The zero-order valence-electron chi connectivity index (χ0n) is 11.6. The highest BCUT2D eigenvalue weighted by Crippen LogP contribution is 2.28. The molecule has 17 heavy (non-hydrogen) atoms. The highest BCUT2D eigenvalue weighted by molar-refractivity contribution is 7.90. The third-order valence-corrected chi connectivity index (χ3v) is 4.96. The Bertz CT molecular complexity index is 349. The average Bonchev–Trinajstić information content (AvgIpc) is 2.46. The molecule has 1 unspecified atom stereocenters. The number of hydrogen-bond acceptors (Lipinski definition) is 3. The summed E-state index contributed by atoms with van der Waals surface area (Å²) in [7, 11) is -3.20. The van der Waals surface area contributed by atoms with E-state index in [2.05, 4.69) is 30.8 Å². The molecule has 1 aliphatic heterocycles. The second-order valence-electron chi connectivity index (χ2n) is 6.88. The Kier molecular flexibility index (Phi) is 4.27. The van der Waals surface area contributed by atoms with E-state index in [1.54, 1.807) is 0 Å². The molecule has 1 atom stereocenters. The van der Waals surface area contributed by atoms with Crippen LogP contribution in [0.25, 0.3) is 0 Å². The first-order valence-corrected chi connectivity index (χ1v) is 7.80. The number of hydrogen-bond donors (Lipinski definition) is 2. The first-order chi connectivity index (χ1) is 7.52. The first-order valence-electron chi connectivity index (χ1n) is 6.25. The van der Waals surface area contributed by atoms with Gasteiger partial charge in [-0.05, 0) is 38.6 Å². The fourth-order valence-electron chi connectivity index (χ4n) is 2.72. The maximum Gasteiger partial charge on any atom is 0.216 e. The van der Waals surface area contributed by atoms with Gasteiger partial charge in [-0.25, -0.2) is 13.1 Å². The monoisotopic (exact) mass is 262 g/mol. The van der Waals surface area contributed by atoms with Crippen LogP contribution in [0.4, 0.5) is 0 Å². The fraction of sp³-hybridized carbons (Fsp3) is 1.00. The standard InChI is InChI=1S/C12H26N2O2S/c1-11(2,3)9-12(4,5)14-17(15,16)10-6-7-13-8-10/h10,13-14H,6-9H2,1-5H3. The van der Waals surface area contributed by atoms with Crippen LogP contribution >= 0.6 is 0 Å². The molecule has 0 spiro atoms. The molecule has 0 aliphatic carbocycles. The Balaban J connectivity index is 2.69. The van der Waals surface area contributed by atoms with Crippen molar-refractivity contribution in [2.24, 2.45) is 5.41 Å². The summed E-state index contributed by atoms with van der Waals surface area (Å²) in [5.74, 6) is 0. The van der Waals surface area contributed by atoms with E-state index >= 15 is 0 Å². The second-order valence-corrected chi connectivity index (χ2v) is 8.84. The molecule has 2 N–H and O–H groups in total. The van der Waals surface area contributed by atoms with Crippen molar-refractivity contribution in [2.45, 2.75) is 58.2 Å². The number of rotatable bonds is 4. The van der Waals surface area contributed by atoms with Crippen LogP contribution < -0.4 is 10.0 Å². The van der Waals surface area contributed by atoms with Crippen molar-refractivity contribution >= 4 is 10.0 Å². The van der Waals surface area contributed by atoms with Crippen LogP contribution in [0, 0.1) is 5.41 Å². The summed E-state index contributed by atoms with van der Waals surface area (Å²) < 4.78 is 27.2. The predicted octanol–water partition coefficient (Wildman–Crippen LogP) is 1.48. The second kappa shape index (κ2) is 4.86. The van der Waals surface area contributed by atoms with Gasteiger partial charge in [0.05, 0.1) is 5.25 Å². The van der Waals surface area contributed by atoms with Gasteiger partial charge in [-0.2, -0.15) is 0 Å². The molecule has 1 rings (SSSR count). The van der Waals surface area contributed by atoms with E-state index in [-0.39, 0.29) is 16.2 Å². The predicted molar refractivity (Wildman–Crippen MR) is 71.5 cm³/mol. The Labute approximate surface area is 106 Å². The van der Waals surface area contributed by atoms with Crippen molar-refractivity contribution < 1.29 is 8.42 Å². The van der Waals surface area contributed by atoms with Gasteiger partial charge in [0.15, 0.2) is 0 Å². The van der Waals surface area contributed by atoms with Crippen LogP contribution in [0.2, 0.25) is 0 Å². The van der Waals surface area contributed by atoms with Crippen molar-refractivity contribution in [1.29, 1.82) is 0 Å². The molecule has 0 aromatic heterocycles.